The quantitative estimate of drug-likeness (QED) is 0.169. The molecule has 0 aliphatic carbocycles. The van der Waals surface area contributed by atoms with E-state index in [0.29, 0.717) is 41.9 Å². The van der Waals surface area contributed by atoms with E-state index in [2.05, 4.69) is 0 Å². The third-order valence-electron chi connectivity index (χ3n) is 4.91. The molecule has 2 heterocycles. The van der Waals surface area contributed by atoms with Crippen LogP contribution in [0.1, 0.15) is 32.1 Å². The number of hydrogen-bond donors (Lipinski definition) is 0. The molecule has 0 unspecified atom stereocenters. The van der Waals surface area contributed by atoms with Crippen molar-refractivity contribution in [3.05, 3.63) is 81.5 Å². The fourth-order valence-electron chi connectivity index (χ4n) is 3.29. The van der Waals surface area contributed by atoms with E-state index < -0.39 is 23.2 Å². The smallest absolute Gasteiger partial charge is 0.336 e. The Labute approximate surface area is 187 Å². The Balaban J connectivity index is 1.18. The van der Waals surface area contributed by atoms with Gasteiger partial charge in [0.15, 0.2) is 0 Å². The lowest BCUT2D eigenvalue weighted by Crippen LogP contribution is -2.09. The summed E-state index contributed by atoms with van der Waals surface area (Å²) in [6.45, 7) is 0. The number of rotatable bonds is 8. The van der Waals surface area contributed by atoms with Crippen molar-refractivity contribution in [2.24, 2.45) is 0 Å². The molecule has 0 amide bonds. The van der Waals surface area contributed by atoms with E-state index in [0.717, 1.165) is 10.8 Å². The molecule has 33 heavy (non-hydrogen) atoms. The number of fused-ring (bicyclic) bond motifs is 2. The average Bonchev–Trinajstić information content (AvgIpc) is 2.78. The molecule has 0 radical (unpaired) electrons. The SMILES string of the molecule is O=C(CCCCCC(=O)Oc1ccc2ccc(=O)oc2c1)Oc1ccc2ccc(=O)oc2c1. The van der Waals surface area contributed by atoms with Gasteiger partial charge in [-0.3, -0.25) is 9.59 Å². The summed E-state index contributed by atoms with van der Waals surface area (Å²) in [5.41, 5.74) is -0.256. The Morgan fingerprint density at radius 2 is 1.03 bits per heavy atom. The van der Waals surface area contributed by atoms with Crippen LogP contribution in [0.4, 0.5) is 0 Å². The number of carbonyl (C=O) groups is 2. The zero-order valence-electron chi connectivity index (χ0n) is 17.6. The standard InChI is InChI=1S/C25H20O8/c26-22(30-18-10-6-16-8-12-24(28)32-20(16)14-18)4-2-1-3-5-23(27)31-19-11-7-17-9-13-25(29)33-21(17)15-19/h6-15H,1-5H2. The van der Waals surface area contributed by atoms with Crippen molar-refractivity contribution in [1.82, 2.24) is 0 Å². The topological polar surface area (TPSA) is 113 Å². The molecule has 0 N–H and O–H groups in total. The number of hydrogen-bond acceptors (Lipinski definition) is 8. The Morgan fingerprint density at radius 1 is 0.606 bits per heavy atom. The van der Waals surface area contributed by atoms with E-state index in [-0.39, 0.29) is 12.8 Å². The summed E-state index contributed by atoms with van der Waals surface area (Å²) in [4.78, 5) is 46.7. The zero-order chi connectivity index (χ0) is 23.2. The minimum absolute atomic E-state index is 0.190. The van der Waals surface area contributed by atoms with Gasteiger partial charge < -0.3 is 18.3 Å². The van der Waals surface area contributed by atoms with Crippen molar-refractivity contribution in [2.45, 2.75) is 32.1 Å². The van der Waals surface area contributed by atoms with Crippen LogP contribution in [0.25, 0.3) is 21.9 Å². The van der Waals surface area contributed by atoms with Crippen molar-refractivity contribution in [2.75, 3.05) is 0 Å². The molecule has 2 aromatic heterocycles. The number of carbonyl (C=O) groups excluding carboxylic acids is 2. The second-order valence-corrected chi connectivity index (χ2v) is 7.42. The molecule has 0 spiro atoms. The number of ether oxygens (including phenoxy) is 2. The number of unbranched alkanes of at least 4 members (excludes halogenated alkanes) is 2. The van der Waals surface area contributed by atoms with Gasteiger partial charge in [-0.25, -0.2) is 9.59 Å². The lowest BCUT2D eigenvalue weighted by atomic mass is 10.1. The number of esters is 2. The molecule has 0 aliphatic heterocycles. The Hall–Kier alpha value is -4.20. The second kappa shape index (κ2) is 9.95. The molecule has 2 aromatic carbocycles. The van der Waals surface area contributed by atoms with Crippen LogP contribution in [0.15, 0.2) is 79.1 Å². The average molecular weight is 448 g/mol. The lowest BCUT2D eigenvalue weighted by molar-refractivity contribution is -0.134. The summed E-state index contributed by atoms with van der Waals surface area (Å²) < 4.78 is 20.7. The van der Waals surface area contributed by atoms with Crippen LogP contribution >= 0.6 is 0 Å². The van der Waals surface area contributed by atoms with E-state index in [1.54, 1.807) is 36.4 Å². The molecular weight excluding hydrogens is 428 g/mol. The van der Waals surface area contributed by atoms with Gasteiger partial charge in [0.25, 0.3) is 0 Å². The molecular formula is C25H20O8. The largest absolute Gasteiger partial charge is 0.426 e. The summed E-state index contributed by atoms with van der Waals surface area (Å²) in [7, 11) is 0. The van der Waals surface area contributed by atoms with Gasteiger partial charge in [-0.15, -0.1) is 0 Å². The van der Waals surface area contributed by atoms with Gasteiger partial charge >= 0.3 is 23.2 Å². The maximum atomic E-state index is 12.0. The minimum Gasteiger partial charge on any atom is -0.426 e. The third-order valence-corrected chi connectivity index (χ3v) is 4.91. The molecule has 0 fully saturated rings. The highest BCUT2D eigenvalue weighted by Gasteiger charge is 2.09. The first-order chi connectivity index (χ1) is 16.0. The molecule has 4 aromatic rings. The molecule has 4 rings (SSSR count). The van der Waals surface area contributed by atoms with E-state index in [1.165, 1.54) is 24.3 Å². The fourth-order valence-corrected chi connectivity index (χ4v) is 3.29. The van der Waals surface area contributed by atoms with Crippen molar-refractivity contribution in [1.29, 1.82) is 0 Å². The first-order valence-corrected chi connectivity index (χ1v) is 10.5. The molecule has 8 heteroatoms. The maximum absolute atomic E-state index is 12.0. The second-order valence-electron chi connectivity index (χ2n) is 7.42. The number of benzene rings is 2. The molecule has 0 bridgehead atoms. The summed E-state index contributed by atoms with van der Waals surface area (Å²) in [6, 6.07) is 15.6. The van der Waals surface area contributed by atoms with Gasteiger partial charge in [0.05, 0.1) is 0 Å². The highest BCUT2D eigenvalue weighted by atomic mass is 16.5. The van der Waals surface area contributed by atoms with Crippen LogP contribution in [0, 0.1) is 0 Å². The third kappa shape index (κ3) is 5.94. The fraction of sp³-hybridized carbons (Fsp3) is 0.200. The van der Waals surface area contributed by atoms with Crippen molar-refractivity contribution in [3.63, 3.8) is 0 Å². The van der Waals surface area contributed by atoms with Crippen LogP contribution in [0.3, 0.4) is 0 Å². The predicted molar refractivity (Wildman–Crippen MR) is 119 cm³/mol. The van der Waals surface area contributed by atoms with Crippen molar-refractivity contribution in [3.8, 4) is 11.5 Å². The van der Waals surface area contributed by atoms with Gasteiger partial charge in [-0.05, 0) is 49.2 Å². The summed E-state index contributed by atoms with van der Waals surface area (Å²) >= 11 is 0. The van der Waals surface area contributed by atoms with Crippen LogP contribution in [-0.2, 0) is 9.59 Å². The molecule has 0 aliphatic rings. The van der Waals surface area contributed by atoms with Crippen LogP contribution < -0.4 is 20.7 Å². The molecule has 0 saturated heterocycles. The Bertz CT molecular complexity index is 1320. The Kier molecular flexibility index (Phi) is 6.64. The first-order valence-electron chi connectivity index (χ1n) is 10.5. The van der Waals surface area contributed by atoms with Crippen molar-refractivity contribution >= 4 is 33.9 Å². The van der Waals surface area contributed by atoms with Gasteiger partial charge in [0.1, 0.15) is 22.7 Å². The van der Waals surface area contributed by atoms with Gasteiger partial charge in [0.2, 0.25) is 0 Å². The summed E-state index contributed by atoms with van der Waals surface area (Å²) in [5.74, 6) is -0.214. The summed E-state index contributed by atoms with van der Waals surface area (Å²) in [5, 5.41) is 1.46. The van der Waals surface area contributed by atoms with E-state index in [4.69, 9.17) is 18.3 Å². The normalized spacial score (nSPS) is 10.9. The lowest BCUT2D eigenvalue weighted by Gasteiger charge is -2.06. The minimum atomic E-state index is -0.475. The van der Waals surface area contributed by atoms with Crippen LogP contribution in [-0.4, -0.2) is 11.9 Å². The molecule has 0 atom stereocenters. The molecule has 8 nitrogen and oxygen atoms in total. The monoisotopic (exact) mass is 448 g/mol. The van der Waals surface area contributed by atoms with E-state index >= 15 is 0 Å². The molecule has 0 saturated carbocycles. The van der Waals surface area contributed by atoms with Gasteiger partial charge in [-0.2, -0.15) is 0 Å². The maximum Gasteiger partial charge on any atom is 0.336 e. The predicted octanol–water partition coefficient (Wildman–Crippen LogP) is 4.36. The highest BCUT2D eigenvalue weighted by molar-refractivity contribution is 5.80. The van der Waals surface area contributed by atoms with E-state index in [1.807, 2.05) is 0 Å². The van der Waals surface area contributed by atoms with Gasteiger partial charge in [0, 0.05) is 47.9 Å². The van der Waals surface area contributed by atoms with Crippen LogP contribution in [0.5, 0.6) is 11.5 Å². The zero-order valence-corrected chi connectivity index (χ0v) is 17.6. The Morgan fingerprint density at radius 3 is 1.48 bits per heavy atom. The first kappa shape index (κ1) is 22.0. The highest BCUT2D eigenvalue weighted by Crippen LogP contribution is 2.21. The molecule has 168 valence electrons. The summed E-state index contributed by atoms with van der Waals surface area (Å²) in [6.07, 6.45) is 2.13. The van der Waals surface area contributed by atoms with E-state index in [9.17, 15) is 19.2 Å². The van der Waals surface area contributed by atoms with Crippen molar-refractivity contribution < 1.29 is 27.9 Å². The van der Waals surface area contributed by atoms with Gasteiger partial charge in [-0.1, -0.05) is 6.42 Å². The van der Waals surface area contributed by atoms with Crippen LogP contribution in [0.2, 0.25) is 0 Å².